The maximum atomic E-state index is 12.0. The number of halogens is 1. The fourth-order valence-electron chi connectivity index (χ4n) is 1.90. The minimum atomic E-state index is -0.677. The number of thiophene rings is 1. The second-order valence-electron chi connectivity index (χ2n) is 4.63. The van der Waals surface area contributed by atoms with Crippen molar-refractivity contribution in [2.75, 3.05) is 20.8 Å². The molecule has 0 radical (unpaired) electrons. The number of benzene rings is 1. The van der Waals surface area contributed by atoms with Crippen LogP contribution < -0.4 is 14.8 Å². The molecule has 6 nitrogen and oxygen atoms in total. The number of ether oxygens (including phenoxy) is 3. The Bertz CT molecular complexity index is 718. The Balaban J connectivity index is 1.92. The zero-order valence-corrected chi connectivity index (χ0v) is 14.7. The van der Waals surface area contributed by atoms with E-state index >= 15 is 0 Å². The van der Waals surface area contributed by atoms with E-state index in [2.05, 4.69) is 5.32 Å². The molecule has 0 bridgehead atoms. The van der Waals surface area contributed by atoms with Gasteiger partial charge in [0.25, 0.3) is 5.91 Å². The summed E-state index contributed by atoms with van der Waals surface area (Å²) in [5, 5.41) is 4.80. The fourth-order valence-corrected chi connectivity index (χ4v) is 2.83. The molecule has 0 aliphatic rings. The molecule has 0 spiro atoms. The van der Waals surface area contributed by atoms with Crippen LogP contribution >= 0.6 is 22.9 Å². The van der Waals surface area contributed by atoms with Crippen molar-refractivity contribution in [2.24, 2.45) is 0 Å². The Labute approximate surface area is 148 Å². The summed E-state index contributed by atoms with van der Waals surface area (Å²) in [5.74, 6) is -0.434. The van der Waals surface area contributed by atoms with Gasteiger partial charge >= 0.3 is 5.97 Å². The standard InChI is InChI=1S/C16H16ClNO5S/c1-21-13-7-10(6-12(17)15(13)22-2)16(20)23-9-14(19)18-8-11-4-3-5-24-11/h3-7H,8-9H2,1-2H3,(H,18,19). The van der Waals surface area contributed by atoms with Crippen molar-refractivity contribution in [3.63, 3.8) is 0 Å². The Kier molecular flexibility index (Phi) is 6.45. The third kappa shape index (κ3) is 4.62. The molecule has 1 aromatic carbocycles. The number of nitrogens with one attached hydrogen (secondary N) is 1. The van der Waals surface area contributed by atoms with Crippen LogP contribution in [0.2, 0.25) is 5.02 Å². The highest BCUT2D eigenvalue weighted by atomic mass is 35.5. The summed E-state index contributed by atoms with van der Waals surface area (Å²) in [6, 6.07) is 6.64. The minimum Gasteiger partial charge on any atom is -0.493 e. The molecule has 0 fully saturated rings. The van der Waals surface area contributed by atoms with Gasteiger partial charge in [-0.2, -0.15) is 0 Å². The molecule has 0 saturated carbocycles. The van der Waals surface area contributed by atoms with Crippen molar-refractivity contribution in [1.29, 1.82) is 0 Å². The minimum absolute atomic E-state index is 0.170. The van der Waals surface area contributed by atoms with Crippen molar-refractivity contribution < 1.29 is 23.8 Å². The van der Waals surface area contributed by atoms with Crippen LogP contribution in [0.15, 0.2) is 29.6 Å². The third-order valence-electron chi connectivity index (χ3n) is 3.04. The molecule has 2 rings (SSSR count). The van der Waals surface area contributed by atoms with E-state index in [0.717, 1.165) is 4.88 Å². The van der Waals surface area contributed by atoms with Gasteiger partial charge in [0.15, 0.2) is 18.1 Å². The van der Waals surface area contributed by atoms with Crippen LogP contribution in [0.3, 0.4) is 0 Å². The van der Waals surface area contributed by atoms with Crippen molar-refractivity contribution >= 4 is 34.8 Å². The lowest BCUT2D eigenvalue weighted by atomic mass is 10.2. The number of carbonyl (C=O) groups excluding carboxylic acids is 2. The van der Waals surface area contributed by atoms with E-state index in [9.17, 15) is 9.59 Å². The molecule has 0 atom stereocenters. The predicted molar refractivity (Wildman–Crippen MR) is 91.0 cm³/mol. The lowest BCUT2D eigenvalue weighted by molar-refractivity contribution is -0.124. The van der Waals surface area contributed by atoms with Crippen LogP contribution in [0.25, 0.3) is 0 Å². The van der Waals surface area contributed by atoms with Crippen LogP contribution in [-0.4, -0.2) is 32.7 Å². The molecule has 1 heterocycles. The molecule has 0 aliphatic carbocycles. The number of esters is 1. The van der Waals surface area contributed by atoms with Gasteiger partial charge in [0.1, 0.15) is 0 Å². The van der Waals surface area contributed by atoms with E-state index in [4.69, 9.17) is 25.8 Å². The van der Waals surface area contributed by atoms with Crippen molar-refractivity contribution in [3.8, 4) is 11.5 Å². The quantitative estimate of drug-likeness (QED) is 0.759. The van der Waals surface area contributed by atoms with E-state index in [-0.39, 0.29) is 23.1 Å². The number of carbonyl (C=O) groups is 2. The number of amides is 1. The zero-order chi connectivity index (χ0) is 17.5. The predicted octanol–water partition coefficient (Wildman–Crippen LogP) is 2.89. The third-order valence-corrected chi connectivity index (χ3v) is 4.20. The van der Waals surface area contributed by atoms with Gasteiger partial charge in [-0.1, -0.05) is 17.7 Å². The highest BCUT2D eigenvalue weighted by molar-refractivity contribution is 7.09. The van der Waals surface area contributed by atoms with Crippen molar-refractivity contribution in [3.05, 3.63) is 45.1 Å². The molecular formula is C16H16ClNO5S. The average Bonchev–Trinajstić information content (AvgIpc) is 3.10. The molecule has 24 heavy (non-hydrogen) atoms. The highest BCUT2D eigenvalue weighted by Gasteiger charge is 2.17. The first-order valence-electron chi connectivity index (χ1n) is 6.93. The molecule has 0 aliphatic heterocycles. The Hall–Kier alpha value is -2.25. The SMILES string of the molecule is COc1cc(C(=O)OCC(=O)NCc2cccs2)cc(Cl)c1OC. The smallest absolute Gasteiger partial charge is 0.338 e. The van der Waals surface area contributed by atoms with Crippen LogP contribution in [0.1, 0.15) is 15.2 Å². The molecule has 0 saturated heterocycles. The number of hydrogen-bond acceptors (Lipinski definition) is 6. The lowest BCUT2D eigenvalue weighted by Crippen LogP contribution is -2.28. The molecule has 1 aromatic heterocycles. The molecule has 0 unspecified atom stereocenters. The summed E-state index contributed by atoms with van der Waals surface area (Å²) in [6.07, 6.45) is 0. The second kappa shape index (κ2) is 8.56. The van der Waals surface area contributed by atoms with E-state index in [1.807, 2.05) is 17.5 Å². The number of rotatable bonds is 7. The van der Waals surface area contributed by atoms with E-state index in [1.165, 1.54) is 37.7 Å². The summed E-state index contributed by atoms with van der Waals surface area (Å²) in [5.41, 5.74) is 0.170. The normalized spacial score (nSPS) is 10.1. The summed E-state index contributed by atoms with van der Waals surface area (Å²) in [7, 11) is 2.88. The maximum Gasteiger partial charge on any atom is 0.338 e. The van der Waals surface area contributed by atoms with Crippen molar-refractivity contribution in [2.45, 2.75) is 6.54 Å². The van der Waals surface area contributed by atoms with E-state index in [0.29, 0.717) is 18.0 Å². The highest BCUT2D eigenvalue weighted by Crippen LogP contribution is 2.36. The van der Waals surface area contributed by atoms with Gasteiger partial charge in [-0.3, -0.25) is 4.79 Å². The summed E-state index contributed by atoms with van der Waals surface area (Å²) < 4.78 is 15.2. The van der Waals surface area contributed by atoms with E-state index in [1.54, 1.807) is 0 Å². The van der Waals surface area contributed by atoms with E-state index < -0.39 is 5.97 Å². The van der Waals surface area contributed by atoms with Gasteiger partial charge in [-0.05, 0) is 23.6 Å². The Morgan fingerprint density at radius 3 is 2.67 bits per heavy atom. The summed E-state index contributed by atoms with van der Waals surface area (Å²) in [6.45, 7) is 0.0202. The van der Waals surface area contributed by atoms with Gasteiger partial charge in [0.05, 0.1) is 31.4 Å². The zero-order valence-electron chi connectivity index (χ0n) is 13.1. The molecule has 2 aromatic rings. The molecule has 1 N–H and O–H groups in total. The summed E-state index contributed by atoms with van der Waals surface area (Å²) >= 11 is 7.57. The largest absolute Gasteiger partial charge is 0.493 e. The summed E-state index contributed by atoms with van der Waals surface area (Å²) in [4.78, 5) is 24.8. The van der Waals surface area contributed by atoms with Gasteiger partial charge in [0.2, 0.25) is 0 Å². The van der Waals surface area contributed by atoms with Gasteiger partial charge in [0, 0.05) is 4.88 Å². The lowest BCUT2D eigenvalue weighted by Gasteiger charge is -2.11. The number of hydrogen-bond donors (Lipinski definition) is 1. The van der Waals surface area contributed by atoms with Crippen LogP contribution in [-0.2, 0) is 16.1 Å². The fraction of sp³-hybridized carbons (Fsp3) is 0.250. The molecule has 8 heteroatoms. The van der Waals surface area contributed by atoms with Gasteiger partial charge < -0.3 is 19.5 Å². The first-order valence-corrected chi connectivity index (χ1v) is 8.18. The Morgan fingerprint density at radius 2 is 2.04 bits per heavy atom. The second-order valence-corrected chi connectivity index (χ2v) is 6.07. The van der Waals surface area contributed by atoms with Gasteiger partial charge in [-0.25, -0.2) is 4.79 Å². The van der Waals surface area contributed by atoms with Crippen LogP contribution in [0.5, 0.6) is 11.5 Å². The van der Waals surface area contributed by atoms with Crippen LogP contribution in [0, 0.1) is 0 Å². The topological polar surface area (TPSA) is 73.9 Å². The number of methoxy groups -OCH3 is 2. The Morgan fingerprint density at radius 1 is 1.25 bits per heavy atom. The first-order chi connectivity index (χ1) is 11.5. The maximum absolute atomic E-state index is 12.0. The molecule has 1 amide bonds. The molecular weight excluding hydrogens is 354 g/mol. The molecule has 128 valence electrons. The van der Waals surface area contributed by atoms with Crippen LogP contribution in [0.4, 0.5) is 0 Å². The monoisotopic (exact) mass is 369 g/mol. The average molecular weight is 370 g/mol. The van der Waals surface area contributed by atoms with Crippen molar-refractivity contribution in [1.82, 2.24) is 5.32 Å². The van der Waals surface area contributed by atoms with Gasteiger partial charge in [-0.15, -0.1) is 11.3 Å². The first kappa shape index (κ1) is 18.1.